The standard InChI is InChI=1S/C16H15NO4/c1-16(9-20-16)13(14(17)18)21-15(19)12-8-4-6-10-5-2-3-7-11(10)12/h2-8,13H,9H2,1H3,(H2,17,18)/t13-,16?/m1/s1. The van der Waals surface area contributed by atoms with Gasteiger partial charge in [-0.05, 0) is 23.8 Å². The third-order valence-corrected chi connectivity index (χ3v) is 3.65. The minimum absolute atomic E-state index is 0.351. The predicted octanol–water partition coefficient (Wildman–Crippen LogP) is 1.64. The molecular formula is C16H15NO4. The first kappa shape index (κ1) is 13.6. The van der Waals surface area contributed by atoms with Crippen LogP contribution in [0.25, 0.3) is 10.8 Å². The van der Waals surface area contributed by atoms with E-state index in [1.165, 1.54) is 0 Å². The summed E-state index contributed by atoms with van der Waals surface area (Å²) in [5.41, 5.74) is 4.91. The van der Waals surface area contributed by atoms with Crippen molar-refractivity contribution in [2.24, 2.45) is 5.73 Å². The molecule has 1 fully saturated rings. The molecule has 108 valence electrons. The van der Waals surface area contributed by atoms with Crippen LogP contribution in [-0.4, -0.2) is 30.2 Å². The molecule has 0 aliphatic carbocycles. The Morgan fingerprint density at radius 3 is 2.57 bits per heavy atom. The predicted molar refractivity (Wildman–Crippen MR) is 76.7 cm³/mol. The van der Waals surface area contributed by atoms with Crippen molar-refractivity contribution in [3.05, 3.63) is 48.0 Å². The zero-order valence-corrected chi connectivity index (χ0v) is 11.5. The maximum Gasteiger partial charge on any atom is 0.339 e. The lowest BCUT2D eigenvalue weighted by Crippen LogP contribution is -2.43. The van der Waals surface area contributed by atoms with Crippen LogP contribution in [0.4, 0.5) is 0 Å². The number of hydrogen-bond acceptors (Lipinski definition) is 4. The van der Waals surface area contributed by atoms with Crippen LogP contribution in [0.15, 0.2) is 42.5 Å². The van der Waals surface area contributed by atoms with Crippen molar-refractivity contribution >= 4 is 22.6 Å². The normalized spacial score (nSPS) is 21.8. The quantitative estimate of drug-likeness (QED) is 0.684. The summed E-state index contributed by atoms with van der Waals surface area (Å²) in [6.45, 7) is 2.04. The van der Waals surface area contributed by atoms with Gasteiger partial charge in [0.25, 0.3) is 5.91 Å². The molecule has 0 saturated carbocycles. The average molecular weight is 285 g/mol. The number of ether oxygens (including phenoxy) is 2. The lowest BCUT2D eigenvalue weighted by atomic mass is 10.0. The summed E-state index contributed by atoms with van der Waals surface area (Å²) in [5, 5.41) is 1.70. The molecule has 1 heterocycles. The molecule has 0 bridgehead atoms. The monoisotopic (exact) mass is 285 g/mol. The Labute approximate surface area is 121 Å². The number of benzene rings is 2. The Bertz CT molecular complexity index is 716. The Morgan fingerprint density at radius 2 is 1.90 bits per heavy atom. The number of rotatable bonds is 4. The molecule has 2 atom stereocenters. The highest BCUT2D eigenvalue weighted by Crippen LogP contribution is 2.33. The van der Waals surface area contributed by atoms with Gasteiger partial charge in [-0.2, -0.15) is 0 Å². The Hall–Kier alpha value is -2.40. The second-order valence-electron chi connectivity index (χ2n) is 5.32. The summed E-state index contributed by atoms with van der Waals surface area (Å²) in [5.74, 6) is -1.28. The van der Waals surface area contributed by atoms with E-state index < -0.39 is 23.6 Å². The van der Waals surface area contributed by atoms with Crippen LogP contribution in [0.1, 0.15) is 17.3 Å². The van der Waals surface area contributed by atoms with Crippen LogP contribution >= 0.6 is 0 Å². The van der Waals surface area contributed by atoms with Gasteiger partial charge in [-0.25, -0.2) is 4.79 Å². The van der Waals surface area contributed by atoms with Gasteiger partial charge < -0.3 is 15.2 Å². The van der Waals surface area contributed by atoms with Crippen LogP contribution in [0, 0.1) is 0 Å². The molecule has 0 aromatic heterocycles. The van der Waals surface area contributed by atoms with E-state index in [0.717, 1.165) is 10.8 Å². The number of primary amides is 1. The van der Waals surface area contributed by atoms with Gasteiger partial charge >= 0.3 is 5.97 Å². The molecule has 1 amide bonds. The molecule has 1 aliphatic heterocycles. The smallest absolute Gasteiger partial charge is 0.339 e. The molecule has 2 aromatic carbocycles. The fourth-order valence-corrected chi connectivity index (χ4v) is 2.32. The van der Waals surface area contributed by atoms with E-state index in [2.05, 4.69) is 0 Å². The lowest BCUT2D eigenvalue weighted by Gasteiger charge is -2.18. The third-order valence-electron chi connectivity index (χ3n) is 3.65. The number of fused-ring (bicyclic) bond motifs is 1. The topological polar surface area (TPSA) is 81.9 Å². The number of carbonyl (C=O) groups is 2. The first-order chi connectivity index (χ1) is 10.0. The van der Waals surface area contributed by atoms with Crippen molar-refractivity contribution in [1.29, 1.82) is 0 Å². The van der Waals surface area contributed by atoms with Gasteiger partial charge in [0.2, 0.25) is 6.10 Å². The highest BCUT2D eigenvalue weighted by molar-refractivity contribution is 6.05. The van der Waals surface area contributed by atoms with Crippen molar-refractivity contribution in [2.45, 2.75) is 18.6 Å². The molecule has 0 spiro atoms. The average Bonchev–Trinajstić information content (AvgIpc) is 3.22. The van der Waals surface area contributed by atoms with Gasteiger partial charge in [-0.3, -0.25) is 4.79 Å². The number of amides is 1. The van der Waals surface area contributed by atoms with Crippen molar-refractivity contribution in [2.75, 3.05) is 6.61 Å². The summed E-state index contributed by atoms with van der Waals surface area (Å²) in [7, 11) is 0. The molecule has 3 rings (SSSR count). The van der Waals surface area contributed by atoms with Gasteiger partial charge in [0.05, 0.1) is 12.2 Å². The lowest BCUT2D eigenvalue weighted by molar-refractivity contribution is -0.129. The summed E-state index contributed by atoms with van der Waals surface area (Å²) in [6.07, 6.45) is -1.08. The number of esters is 1. The maximum atomic E-state index is 12.4. The second kappa shape index (κ2) is 4.86. The van der Waals surface area contributed by atoms with Crippen LogP contribution in [-0.2, 0) is 14.3 Å². The molecule has 2 aromatic rings. The largest absolute Gasteiger partial charge is 0.445 e. The molecule has 0 radical (unpaired) electrons. The van der Waals surface area contributed by atoms with Crippen molar-refractivity contribution < 1.29 is 19.1 Å². The van der Waals surface area contributed by atoms with Crippen LogP contribution in [0.5, 0.6) is 0 Å². The third kappa shape index (κ3) is 2.48. The van der Waals surface area contributed by atoms with E-state index in [4.69, 9.17) is 15.2 Å². The van der Waals surface area contributed by atoms with E-state index in [1.807, 2.05) is 30.3 Å². The summed E-state index contributed by atoms with van der Waals surface area (Å²) in [6, 6.07) is 12.8. The van der Waals surface area contributed by atoms with Gasteiger partial charge in [0.1, 0.15) is 5.60 Å². The molecular weight excluding hydrogens is 270 g/mol. The highest BCUT2D eigenvalue weighted by atomic mass is 16.6. The van der Waals surface area contributed by atoms with Crippen molar-refractivity contribution in [3.8, 4) is 0 Å². The van der Waals surface area contributed by atoms with E-state index >= 15 is 0 Å². The minimum atomic E-state index is -1.08. The Balaban J connectivity index is 1.92. The zero-order valence-electron chi connectivity index (χ0n) is 11.5. The first-order valence-electron chi connectivity index (χ1n) is 6.63. The van der Waals surface area contributed by atoms with E-state index in [1.54, 1.807) is 19.1 Å². The molecule has 5 heteroatoms. The number of epoxide rings is 1. The number of nitrogens with two attached hydrogens (primary N) is 1. The zero-order chi connectivity index (χ0) is 15.0. The van der Waals surface area contributed by atoms with Crippen LogP contribution < -0.4 is 5.73 Å². The molecule has 5 nitrogen and oxygen atoms in total. The summed E-state index contributed by atoms with van der Waals surface area (Å²) < 4.78 is 10.5. The van der Waals surface area contributed by atoms with E-state index in [-0.39, 0.29) is 0 Å². The van der Waals surface area contributed by atoms with Gasteiger partial charge in [-0.1, -0.05) is 36.4 Å². The first-order valence-corrected chi connectivity index (χ1v) is 6.63. The van der Waals surface area contributed by atoms with Gasteiger partial charge in [0, 0.05) is 0 Å². The van der Waals surface area contributed by atoms with Crippen molar-refractivity contribution in [3.63, 3.8) is 0 Å². The molecule has 1 unspecified atom stereocenters. The van der Waals surface area contributed by atoms with Gasteiger partial charge in [0.15, 0.2) is 0 Å². The number of carbonyl (C=O) groups excluding carboxylic acids is 2. The molecule has 2 N–H and O–H groups in total. The number of hydrogen-bond donors (Lipinski definition) is 1. The van der Waals surface area contributed by atoms with E-state index in [9.17, 15) is 9.59 Å². The fraction of sp³-hybridized carbons (Fsp3) is 0.250. The Kier molecular flexibility index (Phi) is 3.14. The van der Waals surface area contributed by atoms with E-state index in [0.29, 0.717) is 12.2 Å². The highest BCUT2D eigenvalue weighted by Gasteiger charge is 2.52. The summed E-state index contributed by atoms with van der Waals surface area (Å²) in [4.78, 5) is 23.8. The van der Waals surface area contributed by atoms with Crippen LogP contribution in [0.3, 0.4) is 0 Å². The maximum absolute atomic E-state index is 12.4. The Morgan fingerprint density at radius 1 is 1.24 bits per heavy atom. The molecule has 1 aliphatic rings. The van der Waals surface area contributed by atoms with Crippen LogP contribution in [0.2, 0.25) is 0 Å². The SMILES string of the molecule is CC1([C@H](OC(=O)c2cccc3ccccc23)C(N)=O)CO1. The van der Waals surface area contributed by atoms with Crippen molar-refractivity contribution in [1.82, 2.24) is 0 Å². The van der Waals surface area contributed by atoms with Gasteiger partial charge in [-0.15, -0.1) is 0 Å². The molecule has 1 saturated heterocycles. The second-order valence-corrected chi connectivity index (χ2v) is 5.32. The fourth-order valence-electron chi connectivity index (χ4n) is 2.32. The minimum Gasteiger partial charge on any atom is -0.445 e. The molecule has 21 heavy (non-hydrogen) atoms. The summed E-state index contributed by atoms with van der Waals surface area (Å²) >= 11 is 0.